The Bertz CT molecular complexity index is 757. The van der Waals surface area contributed by atoms with Gasteiger partial charge < -0.3 is 19.5 Å². The number of carbonyl (C=O) groups is 1. The molecular weight excluding hydrogens is 320 g/mol. The van der Waals surface area contributed by atoms with Gasteiger partial charge in [-0.25, -0.2) is 0 Å². The molecule has 0 unspecified atom stereocenters. The second kappa shape index (κ2) is 7.13. The van der Waals surface area contributed by atoms with Gasteiger partial charge in [0, 0.05) is 30.6 Å². The number of ether oxygens (including phenoxy) is 1. The van der Waals surface area contributed by atoms with Crippen molar-refractivity contribution in [2.24, 2.45) is 0 Å². The predicted octanol–water partition coefficient (Wildman–Crippen LogP) is 3.50. The Morgan fingerprint density at radius 2 is 2.12 bits per heavy atom. The van der Waals surface area contributed by atoms with Crippen molar-refractivity contribution in [2.75, 3.05) is 23.9 Å². The van der Waals surface area contributed by atoms with Crippen molar-refractivity contribution < 1.29 is 14.1 Å². The van der Waals surface area contributed by atoms with Crippen molar-refractivity contribution in [3.63, 3.8) is 0 Å². The molecule has 2 heterocycles. The van der Waals surface area contributed by atoms with Crippen molar-refractivity contribution in [3.05, 3.63) is 29.9 Å². The van der Waals surface area contributed by atoms with Crippen molar-refractivity contribution in [3.8, 4) is 5.75 Å². The lowest BCUT2D eigenvalue weighted by molar-refractivity contribution is -0.117. The van der Waals surface area contributed by atoms with Gasteiger partial charge in [-0.2, -0.15) is 4.98 Å². The summed E-state index contributed by atoms with van der Waals surface area (Å²) in [5.41, 5.74) is 1.67. The Morgan fingerprint density at radius 3 is 2.72 bits per heavy atom. The molecule has 1 aliphatic rings. The van der Waals surface area contributed by atoms with Gasteiger partial charge in [-0.15, -0.1) is 0 Å². The minimum Gasteiger partial charge on any atom is -0.494 e. The summed E-state index contributed by atoms with van der Waals surface area (Å²) in [7, 11) is 1.61. The molecular formula is C18H24N4O3. The molecule has 1 aromatic carbocycles. The smallest absolute Gasteiger partial charge is 0.248 e. The van der Waals surface area contributed by atoms with Crippen LogP contribution in [0.15, 0.2) is 22.7 Å². The Morgan fingerprint density at radius 1 is 1.32 bits per heavy atom. The molecule has 1 aliphatic heterocycles. The summed E-state index contributed by atoms with van der Waals surface area (Å²) in [5.74, 6) is 2.27. The van der Waals surface area contributed by atoms with E-state index in [0.717, 1.165) is 24.3 Å². The fourth-order valence-corrected chi connectivity index (χ4v) is 2.86. The monoisotopic (exact) mass is 344 g/mol. The summed E-state index contributed by atoms with van der Waals surface area (Å²) in [5, 5.41) is 7.33. The van der Waals surface area contributed by atoms with Crippen LogP contribution in [0.2, 0.25) is 0 Å². The highest BCUT2D eigenvalue weighted by Crippen LogP contribution is 2.34. The minimum absolute atomic E-state index is 0.135. The molecule has 1 amide bonds. The van der Waals surface area contributed by atoms with E-state index in [9.17, 15) is 4.79 Å². The third-order valence-corrected chi connectivity index (χ3v) is 4.27. The number of benzene rings is 1. The predicted molar refractivity (Wildman–Crippen MR) is 95.0 cm³/mol. The second-order valence-electron chi connectivity index (χ2n) is 6.55. The SMILES string of the molecule is COc1cc(N[C@H](C)c2nc(C(C)C)no2)ccc1N1CCCC1=O. The zero-order chi connectivity index (χ0) is 18.0. The summed E-state index contributed by atoms with van der Waals surface area (Å²) >= 11 is 0. The third kappa shape index (κ3) is 3.60. The largest absolute Gasteiger partial charge is 0.494 e. The van der Waals surface area contributed by atoms with Crippen LogP contribution in [0.5, 0.6) is 5.75 Å². The van der Waals surface area contributed by atoms with E-state index in [1.165, 1.54) is 0 Å². The van der Waals surface area contributed by atoms with E-state index in [1.807, 2.05) is 39.0 Å². The molecule has 0 spiro atoms. The Balaban J connectivity index is 1.77. The van der Waals surface area contributed by atoms with Gasteiger partial charge in [0.15, 0.2) is 5.82 Å². The third-order valence-electron chi connectivity index (χ3n) is 4.27. The Labute approximate surface area is 147 Å². The maximum absolute atomic E-state index is 12.0. The summed E-state index contributed by atoms with van der Waals surface area (Å²) in [4.78, 5) is 18.2. The molecule has 2 aromatic rings. The summed E-state index contributed by atoms with van der Waals surface area (Å²) < 4.78 is 10.8. The molecule has 25 heavy (non-hydrogen) atoms. The summed E-state index contributed by atoms with van der Waals surface area (Å²) in [6.07, 6.45) is 1.48. The highest BCUT2D eigenvalue weighted by atomic mass is 16.5. The zero-order valence-corrected chi connectivity index (χ0v) is 15.1. The number of nitrogens with one attached hydrogen (secondary N) is 1. The highest BCUT2D eigenvalue weighted by molar-refractivity contribution is 5.97. The fourth-order valence-electron chi connectivity index (χ4n) is 2.86. The molecule has 3 rings (SSSR count). The van der Waals surface area contributed by atoms with E-state index >= 15 is 0 Å². The number of aromatic nitrogens is 2. The average molecular weight is 344 g/mol. The molecule has 7 nitrogen and oxygen atoms in total. The average Bonchev–Trinajstić information content (AvgIpc) is 3.24. The van der Waals surface area contributed by atoms with Crippen LogP contribution >= 0.6 is 0 Å². The Kier molecular flexibility index (Phi) is 4.92. The quantitative estimate of drug-likeness (QED) is 0.864. The van der Waals surface area contributed by atoms with Gasteiger partial charge in [-0.3, -0.25) is 4.79 Å². The molecule has 0 radical (unpaired) electrons. The number of nitrogens with zero attached hydrogens (tertiary/aromatic N) is 3. The van der Waals surface area contributed by atoms with E-state index in [0.29, 0.717) is 23.9 Å². The van der Waals surface area contributed by atoms with Crippen LogP contribution in [0.3, 0.4) is 0 Å². The lowest BCUT2D eigenvalue weighted by Gasteiger charge is -2.20. The molecule has 1 N–H and O–H groups in total. The summed E-state index contributed by atoms with van der Waals surface area (Å²) in [6, 6.07) is 5.59. The maximum Gasteiger partial charge on any atom is 0.248 e. The topological polar surface area (TPSA) is 80.5 Å². The second-order valence-corrected chi connectivity index (χ2v) is 6.55. The number of anilines is 2. The Hall–Kier alpha value is -2.57. The first-order valence-corrected chi connectivity index (χ1v) is 8.58. The molecule has 0 saturated carbocycles. The first-order valence-electron chi connectivity index (χ1n) is 8.58. The molecule has 1 fully saturated rings. The van der Waals surface area contributed by atoms with Crippen LogP contribution in [0.4, 0.5) is 11.4 Å². The van der Waals surface area contributed by atoms with Crippen molar-refractivity contribution in [2.45, 2.75) is 45.6 Å². The first kappa shape index (κ1) is 17.3. The van der Waals surface area contributed by atoms with Crippen molar-refractivity contribution in [1.82, 2.24) is 10.1 Å². The molecule has 0 aliphatic carbocycles. The fraction of sp³-hybridized carbons (Fsp3) is 0.500. The van der Waals surface area contributed by atoms with E-state index in [1.54, 1.807) is 12.0 Å². The number of hydrogen-bond donors (Lipinski definition) is 1. The molecule has 1 aromatic heterocycles. The number of hydrogen-bond acceptors (Lipinski definition) is 6. The van der Waals surface area contributed by atoms with Crippen LogP contribution < -0.4 is 15.0 Å². The first-order chi connectivity index (χ1) is 12.0. The molecule has 134 valence electrons. The molecule has 1 saturated heterocycles. The van der Waals surface area contributed by atoms with Gasteiger partial charge >= 0.3 is 0 Å². The van der Waals surface area contributed by atoms with Gasteiger partial charge in [-0.1, -0.05) is 19.0 Å². The normalized spacial score (nSPS) is 15.7. The van der Waals surface area contributed by atoms with Crippen LogP contribution in [0.25, 0.3) is 0 Å². The maximum atomic E-state index is 12.0. The molecule has 0 bridgehead atoms. The van der Waals surface area contributed by atoms with Crippen LogP contribution in [-0.4, -0.2) is 29.7 Å². The van der Waals surface area contributed by atoms with E-state index < -0.39 is 0 Å². The van der Waals surface area contributed by atoms with E-state index in [-0.39, 0.29) is 17.9 Å². The van der Waals surface area contributed by atoms with Gasteiger partial charge in [0.1, 0.15) is 11.8 Å². The molecule has 1 atom stereocenters. The lowest BCUT2D eigenvalue weighted by atomic mass is 10.2. The van der Waals surface area contributed by atoms with Gasteiger partial charge in [0.05, 0.1) is 12.8 Å². The van der Waals surface area contributed by atoms with Crippen molar-refractivity contribution >= 4 is 17.3 Å². The summed E-state index contributed by atoms with van der Waals surface area (Å²) in [6.45, 7) is 6.74. The van der Waals surface area contributed by atoms with Crippen LogP contribution in [0, 0.1) is 0 Å². The van der Waals surface area contributed by atoms with E-state index in [4.69, 9.17) is 9.26 Å². The van der Waals surface area contributed by atoms with E-state index in [2.05, 4.69) is 15.5 Å². The lowest BCUT2D eigenvalue weighted by Crippen LogP contribution is -2.24. The zero-order valence-electron chi connectivity index (χ0n) is 15.1. The highest BCUT2D eigenvalue weighted by Gasteiger charge is 2.25. The van der Waals surface area contributed by atoms with Gasteiger partial charge in [-0.05, 0) is 25.5 Å². The number of methoxy groups -OCH3 is 1. The van der Waals surface area contributed by atoms with Gasteiger partial charge in [0.25, 0.3) is 0 Å². The van der Waals surface area contributed by atoms with Crippen molar-refractivity contribution in [1.29, 1.82) is 0 Å². The van der Waals surface area contributed by atoms with Crippen LogP contribution in [0.1, 0.15) is 57.3 Å². The van der Waals surface area contributed by atoms with Crippen LogP contribution in [-0.2, 0) is 4.79 Å². The minimum atomic E-state index is -0.135. The van der Waals surface area contributed by atoms with Gasteiger partial charge in [0.2, 0.25) is 11.8 Å². The number of rotatable bonds is 6. The number of carbonyl (C=O) groups excluding carboxylic acids is 1. The molecule has 7 heteroatoms. The standard InChI is InChI=1S/C18H24N4O3/c1-11(2)17-20-18(25-21-17)12(3)19-13-7-8-14(15(10-13)24-4)22-9-5-6-16(22)23/h7-8,10-12,19H,5-6,9H2,1-4H3/t12-/m1/s1. The number of amides is 1.